The van der Waals surface area contributed by atoms with E-state index in [2.05, 4.69) is 4.74 Å². The van der Waals surface area contributed by atoms with E-state index in [1.165, 1.54) is 12.1 Å². The second-order valence-corrected chi connectivity index (χ2v) is 8.39. The molecule has 4 aromatic rings. The number of halogens is 9. The van der Waals surface area contributed by atoms with E-state index >= 15 is 0 Å². The third kappa shape index (κ3) is 5.34. The average molecular weight is 540 g/mol. The maximum atomic E-state index is 14.8. The number of rotatable bonds is 7. The summed E-state index contributed by atoms with van der Waals surface area (Å²) in [5, 5.41) is 0. The van der Waals surface area contributed by atoms with E-state index in [0.717, 1.165) is 18.6 Å². The minimum Gasteiger partial charge on any atom is -0.429 e. The third-order valence-corrected chi connectivity index (χ3v) is 5.70. The van der Waals surface area contributed by atoms with Crippen molar-refractivity contribution in [2.24, 2.45) is 0 Å². The summed E-state index contributed by atoms with van der Waals surface area (Å²) in [5.74, 6) is -11.4. The van der Waals surface area contributed by atoms with Crippen LogP contribution in [-0.4, -0.2) is 0 Å². The van der Waals surface area contributed by atoms with E-state index in [9.17, 15) is 39.5 Å². The summed E-state index contributed by atoms with van der Waals surface area (Å²) in [6.07, 6.45) is -3.33. The van der Waals surface area contributed by atoms with Crippen LogP contribution in [0.3, 0.4) is 0 Å². The van der Waals surface area contributed by atoms with Crippen molar-refractivity contribution in [3.8, 4) is 28.0 Å². The number of aryl methyl sites for hydroxylation is 1. The van der Waals surface area contributed by atoms with Gasteiger partial charge in [-0.1, -0.05) is 25.5 Å². The zero-order valence-electron chi connectivity index (χ0n) is 19.5. The van der Waals surface area contributed by atoms with Gasteiger partial charge in [-0.2, -0.15) is 8.78 Å². The summed E-state index contributed by atoms with van der Waals surface area (Å²) in [4.78, 5) is 0. The van der Waals surface area contributed by atoms with E-state index in [-0.39, 0.29) is 11.1 Å². The zero-order valence-corrected chi connectivity index (χ0v) is 19.5. The van der Waals surface area contributed by atoms with Gasteiger partial charge in [-0.25, -0.2) is 30.7 Å². The highest BCUT2D eigenvalue weighted by molar-refractivity contribution is 5.66. The smallest absolute Gasteiger partial charge is 0.429 e. The maximum Gasteiger partial charge on any atom is 0.432 e. The summed E-state index contributed by atoms with van der Waals surface area (Å²) in [7, 11) is 0. The van der Waals surface area contributed by atoms with Crippen LogP contribution in [0.25, 0.3) is 22.3 Å². The van der Waals surface area contributed by atoms with Crippen LogP contribution in [0.15, 0.2) is 60.7 Å². The Morgan fingerprint density at radius 2 is 1.11 bits per heavy atom. The highest BCUT2D eigenvalue weighted by atomic mass is 19.3. The molecule has 0 aliphatic rings. The van der Waals surface area contributed by atoms with E-state index in [1.807, 2.05) is 6.92 Å². The first-order valence-electron chi connectivity index (χ1n) is 11.2. The minimum atomic E-state index is -4.64. The quantitative estimate of drug-likeness (QED) is 0.168. The van der Waals surface area contributed by atoms with Crippen LogP contribution in [0, 0.1) is 40.7 Å². The Hall–Kier alpha value is -3.95. The van der Waals surface area contributed by atoms with E-state index in [1.54, 1.807) is 6.07 Å². The van der Waals surface area contributed by atoms with E-state index < -0.39 is 69.3 Å². The second-order valence-electron chi connectivity index (χ2n) is 8.39. The minimum absolute atomic E-state index is 0.204. The Morgan fingerprint density at radius 3 is 1.61 bits per heavy atom. The second kappa shape index (κ2) is 10.4. The number of hydrogen-bond donors (Lipinski definition) is 0. The zero-order chi connectivity index (χ0) is 27.8. The van der Waals surface area contributed by atoms with Crippen LogP contribution in [0.1, 0.15) is 24.5 Å². The summed E-state index contributed by atoms with van der Waals surface area (Å²) in [5.41, 5.74) is -2.58. The third-order valence-electron chi connectivity index (χ3n) is 5.70. The molecule has 4 rings (SSSR count). The lowest BCUT2D eigenvalue weighted by Gasteiger charge is -2.20. The number of hydrogen-bond acceptors (Lipinski definition) is 1. The molecule has 0 aliphatic heterocycles. The van der Waals surface area contributed by atoms with Crippen molar-refractivity contribution in [1.82, 2.24) is 0 Å². The molecule has 4 aromatic carbocycles. The van der Waals surface area contributed by atoms with Crippen molar-refractivity contribution < 1.29 is 44.3 Å². The molecule has 0 saturated carbocycles. The Labute approximate surface area is 211 Å². The molecule has 0 N–H and O–H groups in total. The van der Waals surface area contributed by atoms with Gasteiger partial charge in [-0.05, 0) is 65.6 Å². The molecule has 0 atom stereocenters. The van der Waals surface area contributed by atoms with Gasteiger partial charge in [0.05, 0.1) is 0 Å². The van der Waals surface area contributed by atoms with Gasteiger partial charge in [-0.15, -0.1) is 0 Å². The van der Waals surface area contributed by atoms with Crippen molar-refractivity contribution in [2.75, 3.05) is 0 Å². The maximum absolute atomic E-state index is 14.8. The van der Waals surface area contributed by atoms with Gasteiger partial charge < -0.3 is 4.74 Å². The van der Waals surface area contributed by atoms with Crippen LogP contribution >= 0.6 is 0 Å². The summed E-state index contributed by atoms with van der Waals surface area (Å²) < 4.78 is 132. The van der Waals surface area contributed by atoms with Crippen LogP contribution in [0.4, 0.5) is 39.5 Å². The molecule has 0 aromatic heterocycles. The predicted octanol–water partition coefficient (Wildman–Crippen LogP) is 9.08. The predicted molar refractivity (Wildman–Crippen MR) is 122 cm³/mol. The Kier molecular flexibility index (Phi) is 7.44. The molecule has 0 radical (unpaired) electrons. The lowest BCUT2D eigenvalue weighted by molar-refractivity contribution is -0.189. The van der Waals surface area contributed by atoms with E-state index in [4.69, 9.17) is 0 Å². The number of benzene rings is 4. The van der Waals surface area contributed by atoms with Crippen molar-refractivity contribution in [1.29, 1.82) is 0 Å². The van der Waals surface area contributed by atoms with Gasteiger partial charge in [-0.3, -0.25) is 0 Å². The number of ether oxygens (including phenoxy) is 1. The molecule has 10 heteroatoms. The fourth-order valence-corrected chi connectivity index (χ4v) is 3.95. The van der Waals surface area contributed by atoms with Crippen LogP contribution in [-0.2, 0) is 12.5 Å². The first kappa shape index (κ1) is 27.1. The lowest BCUT2D eigenvalue weighted by atomic mass is 9.99. The molecule has 0 unspecified atom stereocenters. The first-order valence-corrected chi connectivity index (χ1v) is 11.2. The van der Waals surface area contributed by atoms with E-state index in [0.29, 0.717) is 42.3 Å². The molecule has 0 amide bonds. The molecule has 0 saturated heterocycles. The largest absolute Gasteiger partial charge is 0.432 e. The topological polar surface area (TPSA) is 9.23 Å². The molecule has 0 fully saturated rings. The normalized spacial score (nSPS) is 11.6. The van der Waals surface area contributed by atoms with Crippen molar-refractivity contribution in [3.63, 3.8) is 0 Å². The van der Waals surface area contributed by atoms with Crippen LogP contribution in [0.2, 0.25) is 0 Å². The van der Waals surface area contributed by atoms with Gasteiger partial charge in [0.1, 0.15) is 34.6 Å². The molecule has 0 heterocycles. The Bertz CT molecular complexity index is 1470. The molecular formula is C28H17F9O. The highest BCUT2D eigenvalue weighted by Crippen LogP contribution is 2.38. The van der Waals surface area contributed by atoms with Gasteiger partial charge >= 0.3 is 6.11 Å². The molecule has 0 aliphatic carbocycles. The Balaban J connectivity index is 1.63. The molecular weight excluding hydrogens is 523 g/mol. The monoisotopic (exact) mass is 540 g/mol. The lowest BCUT2D eigenvalue weighted by Crippen LogP contribution is -2.25. The van der Waals surface area contributed by atoms with Gasteiger partial charge in [0.25, 0.3) is 0 Å². The van der Waals surface area contributed by atoms with Crippen LogP contribution < -0.4 is 4.74 Å². The summed E-state index contributed by atoms with van der Waals surface area (Å²) in [6, 6.07) is 8.05. The van der Waals surface area contributed by atoms with Crippen molar-refractivity contribution >= 4 is 0 Å². The molecule has 1 nitrogen and oxygen atoms in total. The summed E-state index contributed by atoms with van der Waals surface area (Å²) in [6.45, 7) is 1.88. The highest BCUT2D eigenvalue weighted by Gasteiger charge is 2.41. The molecule has 198 valence electrons. The fraction of sp³-hybridized carbons (Fsp3) is 0.143. The molecule has 0 bridgehead atoms. The van der Waals surface area contributed by atoms with Gasteiger partial charge in [0.15, 0.2) is 17.5 Å². The average Bonchev–Trinajstić information content (AvgIpc) is 2.81. The van der Waals surface area contributed by atoms with Crippen molar-refractivity contribution in [3.05, 3.63) is 113 Å². The van der Waals surface area contributed by atoms with Crippen LogP contribution in [0.5, 0.6) is 5.75 Å². The molecule has 38 heavy (non-hydrogen) atoms. The molecule has 0 spiro atoms. The SMILES string of the molecule is CCCc1ccc(-c2cc(F)c(C(F)(F)Oc3ccc(-c4cc(F)c(F)c(F)c4)c(F)c3)c(F)c2)c(F)c1. The fourth-order valence-electron chi connectivity index (χ4n) is 3.95. The van der Waals surface area contributed by atoms with Crippen molar-refractivity contribution in [2.45, 2.75) is 25.9 Å². The first-order chi connectivity index (χ1) is 17.9. The number of alkyl halides is 2. The van der Waals surface area contributed by atoms with Gasteiger partial charge in [0.2, 0.25) is 0 Å². The Morgan fingerprint density at radius 1 is 0.605 bits per heavy atom. The standard InChI is InChI=1S/C28H17F9O/c1-2-3-14-4-6-18(20(29)8-14)15-9-22(31)26(23(32)10-15)28(36,37)38-17-5-7-19(21(30)13-17)16-11-24(33)27(35)25(34)12-16/h4-13H,2-3H2,1H3. The summed E-state index contributed by atoms with van der Waals surface area (Å²) >= 11 is 0. The van der Waals surface area contributed by atoms with Gasteiger partial charge in [0, 0.05) is 17.2 Å².